The molecule has 4 nitrogen and oxygen atoms in total. The number of nitrogen functional groups attached to an aromatic ring is 1. The van der Waals surface area contributed by atoms with E-state index in [1.165, 1.54) is 0 Å². The first-order valence-electron chi connectivity index (χ1n) is 6.19. The lowest BCUT2D eigenvalue weighted by Crippen LogP contribution is -2.40. The van der Waals surface area contributed by atoms with Gasteiger partial charge >= 0.3 is 0 Å². The molecule has 0 aromatic heterocycles. The van der Waals surface area contributed by atoms with E-state index in [1.54, 1.807) is 18.2 Å². The smallest absolute Gasteiger partial charge is 0.251 e. The monoisotopic (exact) mass is 283 g/mol. The number of rotatable bonds is 5. The third-order valence-electron chi connectivity index (χ3n) is 2.65. The Bertz CT molecular complexity index is 438. The number of hydrogen-bond donors (Lipinski definition) is 2. The van der Waals surface area contributed by atoms with E-state index in [0.29, 0.717) is 22.8 Å². The Morgan fingerprint density at radius 1 is 1.37 bits per heavy atom. The summed E-state index contributed by atoms with van der Waals surface area (Å²) in [5.74, 6) is -0.152. The first-order valence-corrected chi connectivity index (χ1v) is 6.56. The molecule has 1 amide bonds. The van der Waals surface area contributed by atoms with Crippen molar-refractivity contribution < 1.29 is 4.79 Å². The molecule has 1 aromatic carbocycles. The average Bonchev–Trinajstić information content (AvgIpc) is 2.22. The second-order valence-corrected chi connectivity index (χ2v) is 6.29. The van der Waals surface area contributed by atoms with Crippen LogP contribution in [0.25, 0.3) is 0 Å². The summed E-state index contributed by atoms with van der Waals surface area (Å²) < 4.78 is 0. The van der Waals surface area contributed by atoms with Crippen LogP contribution < -0.4 is 11.1 Å². The van der Waals surface area contributed by atoms with Gasteiger partial charge in [0.15, 0.2) is 0 Å². The zero-order valence-corrected chi connectivity index (χ0v) is 12.7. The molecule has 0 saturated heterocycles. The van der Waals surface area contributed by atoms with Crippen molar-refractivity contribution in [2.45, 2.75) is 13.8 Å². The Morgan fingerprint density at radius 3 is 2.53 bits per heavy atom. The van der Waals surface area contributed by atoms with Gasteiger partial charge in [-0.2, -0.15) is 0 Å². The number of nitrogens with one attached hydrogen (secondary N) is 1. The minimum absolute atomic E-state index is 0.00325. The van der Waals surface area contributed by atoms with Gasteiger partial charge in [0.2, 0.25) is 0 Å². The molecule has 3 N–H and O–H groups in total. The molecule has 0 spiro atoms. The van der Waals surface area contributed by atoms with Gasteiger partial charge in [-0.3, -0.25) is 4.79 Å². The molecule has 0 aliphatic carbocycles. The minimum atomic E-state index is -0.152. The molecule has 0 heterocycles. The molecular weight excluding hydrogens is 262 g/mol. The summed E-state index contributed by atoms with van der Waals surface area (Å²) in [6.45, 7) is 5.71. The zero-order chi connectivity index (χ0) is 14.6. The van der Waals surface area contributed by atoms with Crippen molar-refractivity contribution in [3.8, 4) is 0 Å². The normalized spacial score (nSPS) is 11.7. The first-order chi connectivity index (χ1) is 8.69. The fourth-order valence-electron chi connectivity index (χ4n) is 2.08. The maximum Gasteiger partial charge on any atom is 0.251 e. The molecule has 0 aliphatic rings. The molecule has 0 aliphatic heterocycles. The van der Waals surface area contributed by atoms with Crippen molar-refractivity contribution in [1.29, 1.82) is 0 Å². The highest BCUT2D eigenvalue weighted by Gasteiger charge is 2.20. The number of amides is 1. The van der Waals surface area contributed by atoms with Gasteiger partial charge in [0.05, 0.1) is 0 Å². The third-order valence-corrected chi connectivity index (χ3v) is 2.87. The molecule has 0 fully saturated rings. The van der Waals surface area contributed by atoms with E-state index in [-0.39, 0.29) is 11.3 Å². The Morgan fingerprint density at radius 2 is 2.00 bits per heavy atom. The Balaban J connectivity index is 2.65. The van der Waals surface area contributed by atoms with E-state index in [0.717, 1.165) is 6.54 Å². The lowest BCUT2D eigenvalue weighted by atomic mass is 9.93. The van der Waals surface area contributed by atoms with Crippen LogP contribution in [0.3, 0.4) is 0 Å². The predicted molar refractivity (Wildman–Crippen MR) is 80.5 cm³/mol. The predicted octanol–water partition coefficient (Wildman–Crippen LogP) is 2.24. The van der Waals surface area contributed by atoms with E-state index in [4.69, 9.17) is 17.3 Å². The van der Waals surface area contributed by atoms with Crippen LogP contribution in [0.1, 0.15) is 24.2 Å². The van der Waals surface area contributed by atoms with Gasteiger partial charge in [-0.25, -0.2) is 0 Å². The van der Waals surface area contributed by atoms with Crippen molar-refractivity contribution >= 4 is 23.2 Å². The summed E-state index contributed by atoms with van der Waals surface area (Å²) in [6.07, 6.45) is 0. The Kier molecular flexibility index (Phi) is 5.20. The number of halogens is 1. The highest BCUT2D eigenvalue weighted by Crippen LogP contribution is 2.18. The van der Waals surface area contributed by atoms with Crippen molar-refractivity contribution in [2.75, 3.05) is 32.9 Å². The van der Waals surface area contributed by atoms with Crippen molar-refractivity contribution in [1.82, 2.24) is 10.2 Å². The van der Waals surface area contributed by atoms with Crippen LogP contribution in [0.5, 0.6) is 0 Å². The number of hydrogen-bond acceptors (Lipinski definition) is 3. The summed E-state index contributed by atoms with van der Waals surface area (Å²) in [6, 6.07) is 4.86. The molecule has 5 heteroatoms. The quantitative estimate of drug-likeness (QED) is 0.815. The van der Waals surface area contributed by atoms with Crippen LogP contribution in [-0.2, 0) is 0 Å². The molecule has 19 heavy (non-hydrogen) atoms. The molecule has 1 aromatic rings. The molecule has 1 rings (SSSR count). The van der Waals surface area contributed by atoms with E-state index in [1.807, 2.05) is 14.1 Å². The third kappa shape index (κ3) is 5.49. The Labute approximate surface area is 119 Å². The second kappa shape index (κ2) is 6.26. The lowest BCUT2D eigenvalue weighted by molar-refractivity contribution is 0.0929. The number of nitrogens with two attached hydrogens (primary N) is 1. The average molecular weight is 284 g/mol. The largest absolute Gasteiger partial charge is 0.399 e. The van der Waals surface area contributed by atoms with Crippen molar-refractivity contribution in [3.63, 3.8) is 0 Å². The number of carbonyl (C=O) groups excluding carboxylic acids is 1. The van der Waals surface area contributed by atoms with Crippen LogP contribution in [0.4, 0.5) is 5.69 Å². The topological polar surface area (TPSA) is 58.4 Å². The highest BCUT2D eigenvalue weighted by molar-refractivity contribution is 6.31. The van der Waals surface area contributed by atoms with Gasteiger partial charge in [-0.15, -0.1) is 0 Å². The fraction of sp³-hybridized carbons (Fsp3) is 0.500. The number of anilines is 1. The van der Waals surface area contributed by atoms with Crippen molar-refractivity contribution in [3.05, 3.63) is 28.8 Å². The summed E-state index contributed by atoms with van der Waals surface area (Å²) in [5, 5.41) is 3.39. The van der Waals surface area contributed by atoms with E-state index in [2.05, 4.69) is 24.1 Å². The van der Waals surface area contributed by atoms with Crippen LogP contribution in [0, 0.1) is 5.41 Å². The van der Waals surface area contributed by atoms with Gasteiger partial charge in [-0.05, 0) is 37.7 Å². The SMILES string of the molecule is CN(C)CC(C)(C)CNC(=O)c1cc(N)cc(Cl)c1. The second-order valence-electron chi connectivity index (χ2n) is 5.86. The molecule has 0 unspecified atom stereocenters. The number of carbonyl (C=O) groups is 1. The maximum absolute atomic E-state index is 12.0. The van der Waals surface area contributed by atoms with E-state index < -0.39 is 0 Å². The first kappa shape index (κ1) is 15.8. The van der Waals surface area contributed by atoms with E-state index in [9.17, 15) is 4.79 Å². The molecule has 0 bridgehead atoms. The number of benzene rings is 1. The molecule has 0 radical (unpaired) electrons. The van der Waals surface area contributed by atoms with Gasteiger partial charge in [0, 0.05) is 29.4 Å². The Hall–Kier alpha value is -1.26. The van der Waals surface area contributed by atoms with Gasteiger partial charge in [0.1, 0.15) is 0 Å². The molecular formula is C14H22ClN3O. The summed E-state index contributed by atoms with van der Waals surface area (Å²) in [5.41, 5.74) is 6.66. The molecule has 0 atom stereocenters. The van der Waals surface area contributed by atoms with Crippen LogP contribution in [-0.4, -0.2) is 38.0 Å². The maximum atomic E-state index is 12.0. The molecule has 106 valence electrons. The molecule has 0 saturated carbocycles. The fourth-order valence-corrected chi connectivity index (χ4v) is 2.32. The van der Waals surface area contributed by atoms with Gasteiger partial charge in [-0.1, -0.05) is 25.4 Å². The highest BCUT2D eigenvalue weighted by atomic mass is 35.5. The van der Waals surface area contributed by atoms with Crippen molar-refractivity contribution in [2.24, 2.45) is 5.41 Å². The van der Waals surface area contributed by atoms with Crippen LogP contribution in [0.15, 0.2) is 18.2 Å². The summed E-state index contributed by atoms with van der Waals surface area (Å²) in [7, 11) is 4.03. The number of nitrogens with zero attached hydrogens (tertiary/aromatic N) is 1. The summed E-state index contributed by atoms with van der Waals surface area (Å²) >= 11 is 5.89. The van der Waals surface area contributed by atoms with Gasteiger partial charge in [0.25, 0.3) is 5.91 Å². The van der Waals surface area contributed by atoms with E-state index >= 15 is 0 Å². The zero-order valence-electron chi connectivity index (χ0n) is 12.0. The standard InChI is InChI=1S/C14H22ClN3O/c1-14(2,9-18(3)4)8-17-13(19)10-5-11(15)7-12(16)6-10/h5-7H,8-9,16H2,1-4H3,(H,17,19). The minimum Gasteiger partial charge on any atom is -0.399 e. The summed E-state index contributed by atoms with van der Waals surface area (Å²) in [4.78, 5) is 14.1. The van der Waals surface area contributed by atoms with Gasteiger partial charge < -0.3 is 16.0 Å². The lowest BCUT2D eigenvalue weighted by Gasteiger charge is -2.28. The van der Waals surface area contributed by atoms with Crippen LogP contribution >= 0.6 is 11.6 Å². The van der Waals surface area contributed by atoms with Crippen LogP contribution in [0.2, 0.25) is 5.02 Å².